The zero-order valence-electron chi connectivity index (χ0n) is 15.8. The molecule has 1 rings (SSSR count). The zero-order chi connectivity index (χ0) is 16.9. The first-order chi connectivity index (χ1) is 11.2. The van der Waals surface area contributed by atoms with Gasteiger partial charge in [-0.2, -0.15) is 11.8 Å². The Kier molecular flexibility index (Phi) is 15.7. The third-order valence-electron chi connectivity index (χ3n) is 3.71. The SMILES string of the molecule is CCNC(=NCC1CN(CC(C)C)CCO1)NCCCCSC.I. The van der Waals surface area contributed by atoms with Crippen LogP contribution in [0.3, 0.4) is 0 Å². The second kappa shape index (κ2) is 15.5. The molecule has 0 spiro atoms. The number of unbranched alkanes of at least 4 members (excludes halogenated alkanes) is 1. The van der Waals surface area contributed by atoms with E-state index < -0.39 is 0 Å². The van der Waals surface area contributed by atoms with Crippen LogP contribution in [0, 0.1) is 5.92 Å². The van der Waals surface area contributed by atoms with Gasteiger partial charge in [-0.15, -0.1) is 24.0 Å². The topological polar surface area (TPSA) is 48.9 Å². The largest absolute Gasteiger partial charge is 0.374 e. The standard InChI is InChI=1S/C17H36N4OS.HI/c1-5-18-17(19-8-6-7-11-23-4)20-12-16-14-21(9-10-22-16)13-15(2)3;/h15-16H,5-14H2,1-4H3,(H2,18,19,20);1H. The molecule has 2 N–H and O–H groups in total. The van der Waals surface area contributed by atoms with Gasteiger partial charge in [0.15, 0.2) is 5.96 Å². The molecule has 0 bridgehead atoms. The number of hydrogen-bond acceptors (Lipinski definition) is 4. The van der Waals surface area contributed by atoms with Crippen LogP contribution in [0.2, 0.25) is 0 Å². The van der Waals surface area contributed by atoms with Gasteiger partial charge < -0.3 is 15.4 Å². The first-order valence-corrected chi connectivity index (χ1v) is 10.4. The molecule has 0 aromatic carbocycles. The van der Waals surface area contributed by atoms with Crippen LogP contribution in [0.15, 0.2) is 4.99 Å². The summed E-state index contributed by atoms with van der Waals surface area (Å²) in [5.74, 6) is 2.86. The lowest BCUT2D eigenvalue weighted by Gasteiger charge is -2.33. The van der Waals surface area contributed by atoms with Crippen molar-refractivity contribution in [2.24, 2.45) is 10.9 Å². The van der Waals surface area contributed by atoms with Crippen LogP contribution >= 0.6 is 35.7 Å². The summed E-state index contributed by atoms with van der Waals surface area (Å²) in [5.41, 5.74) is 0. The molecule has 1 aliphatic heterocycles. The van der Waals surface area contributed by atoms with Crippen molar-refractivity contribution in [2.45, 2.75) is 39.7 Å². The lowest BCUT2D eigenvalue weighted by molar-refractivity contribution is -0.0261. The van der Waals surface area contributed by atoms with E-state index in [1.54, 1.807) is 0 Å². The number of halogens is 1. The Morgan fingerprint density at radius 3 is 2.79 bits per heavy atom. The highest BCUT2D eigenvalue weighted by Gasteiger charge is 2.20. The van der Waals surface area contributed by atoms with Crippen molar-refractivity contribution in [1.82, 2.24) is 15.5 Å². The van der Waals surface area contributed by atoms with Crippen molar-refractivity contribution in [3.05, 3.63) is 0 Å². The number of rotatable bonds is 10. The number of hydrogen-bond donors (Lipinski definition) is 2. The fourth-order valence-electron chi connectivity index (χ4n) is 2.69. The first-order valence-electron chi connectivity index (χ1n) is 9.00. The van der Waals surface area contributed by atoms with Crippen LogP contribution in [-0.4, -0.2) is 74.8 Å². The molecule has 7 heteroatoms. The van der Waals surface area contributed by atoms with Crippen LogP contribution in [0.1, 0.15) is 33.6 Å². The quantitative estimate of drug-likeness (QED) is 0.222. The summed E-state index contributed by atoms with van der Waals surface area (Å²) in [6.07, 6.45) is 4.82. The molecule has 1 fully saturated rings. The molecule has 5 nitrogen and oxygen atoms in total. The Labute approximate surface area is 170 Å². The maximum atomic E-state index is 5.87. The van der Waals surface area contributed by atoms with Gasteiger partial charge in [0, 0.05) is 32.7 Å². The third-order valence-corrected chi connectivity index (χ3v) is 4.41. The number of morpholine rings is 1. The van der Waals surface area contributed by atoms with E-state index in [1.807, 2.05) is 11.8 Å². The monoisotopic (exact) mass is 472 g/mol. The second-order valence-corrected chi connectivity index (χ2v) is 7.48. The molecular weight excluding hydrogens is 435 g/mol. The highest BCUT2D eigenvalue weighted by molar-refractivity contribution is 14.0. The van der Waals surface area contributed by atoms with E-state index in [0.29, 0.717) is 5.92 Å². The average Bonchev–Trinajstić information content (AvgIpc) is 2.52. The molecule has 144 valence electrons. The van der Waals surface area contributed by atoms with Gasteiger partial charge >= 0.3 is 0 Å². The lowest BCUT2D eigenvalue weighted by Crippen LogP contribution is -2.46. The summed E-state index contributed by atoms with van der Waals surface area (Å²) in [6, 6.07) is 0. The summed E-state index contributed by atoms with van der Waals surface area (Å²) in [6.45, 7) is 13.3. The minimum Gasteiger partial charge on any atom is -0.374 e. The molecule has 1 atom stereocenters. The summed E-state index contributed by atoms with van der Waals surface area (Å²) in [4.78, 5) is 7.20. The summed E-state index contributed by atoms with van der Waals surface area (Å²) >= 11 is 1.91. The summed E-state index contributed by atoms with van der Waals surface area (Å²) in [5, 5.41) is 6.74. The van der Waals surface area contributed by atoms with Gasteiger partial charge in [-0.25, -0.2) is 0 Å². The molecule has 0 aromatic heterocycles. The molecule has 0 radical (unpaired) electrons. The third kappa shape index (κ3) is 11.8. The molecule has 0 saturated carbocycles. The number of aliphatic imine (C=N–C) groups is 1. The Balaban J connectivity index is 0.00000529. The van der Waals surface area contributed by atoms with E-state index in [4.69, 9.17) is 9.73 Å². The van der Waals surface area contributed by atoms with E-state index in [9.17, 15) is 0 Å². The van der Waals surface area contributed by atoms with Crippen LogP contribution in [0.5, 0.6) is 0 Å². The van der Waals surface area contributed by atoms with E-state index in [0.717, 1.165) is 51.8 Å². The van der Waals surface area contributed by atoms with Crippen LogP contribution in [-0.2, 0) is 4.74 Å². The fraction of sp³-hybridized carbons (Fsp3) is 0.941. The van der Waals surface area contributed by atoms with Gasteiger partial charge in [-0.05, 0) is 37.7 Å². The van der Waals surface area contributed by atoms with E-state index in [-0.39, 0.29) is 30.1 Å². The molecule has 24 heavy (non-hydrogen) atoms. The molecule has 0 aliphatic carbocycles. The summed E-state index contributed by atoms with van der Waals surface area (Å²) < 4.78 is 5.87. The van der Waals surface area contributed by atoms with Crippen LogP contribution < -0.4 is 10.6 Å². The maximum absolute atomic E-state index is 5.87. The number of guanidine groups is 1. The highest BCUT2D eigenvalue weighted by Crippen LogP contribution is 2.08. The van der Waals surface area contributed by atoms with Crippen molar-refractivity contribution in [3.63, 3.8) is 0 Å². The van der Waals surface area contributed by atoms with Crippen LogP contribution in [0.25, 0.3) is 0 Å². The number of nitrogens with zero attached hydrogens (tertiary/aromatic N) is 2. The van der Waals surface area contributed by atoms with E-state index >= 15 is 0 Å². The first kappa shape index (κ1) is 24.3. The van der Waals surface area contributed by atoms with Gasteiger partial charge in [0.25, 0.3) is 0 Å². The van der Waals surface area contributed by atoms with Crippen molar-refractivity contribution >= 4 is 41.7 Å². The van der Waals surface area contributed by atoms with Gasteiger partial charge in [0.05, 0.1) is 19.3 Å². The Bertz CT molecular complexity index is 332. The van der Waals surface area contributed by atoms with Crippen molar-refractivity contribution in [1.29, 1.82) is 0 Å². The Morgan fingerprint density at radius 1 is 1.33 bits per heavy atom. The number of thioether (sulfide) groups is 1. The molecule has 1 saturated heterocycles. The lowest BCUT2D eigenvalue weighted by atomic mass is 10.2. The normalized spacial score (nSPS) is 19.2. The number of nitrogens with one attached hydrogen (secondary N) is 2. The fourth-order valence-corrected chi connectivity index (χ4v) is 3.18. The van der Waals surface area contributed by atoms with Gasteiger partial charge in [-0.1, -0.05) is 13.8 Å². The van der Waals surface area contributed by atoms with Crippen molar-refractivity contribution in [3.8, 4) is 0 Å². The van der Waals surface area contributed by atoms with Crippen molar-refractivity contribution < 1.29 is 4.74 Å². The predicted octanol–water partition coefficient (Wildman–Crippen LogP) is 2.66. The summed E-state index contributed by atoms with van der Waals surface area (Å²) in [7, 11) is 0. The Morgan fingerprint density at radius 2 is 2.12 bits per heavy atom. The van der Waals surface area contributed by atoms with Crippen molar-refractivity contribution in [2.75, 3.05) is 57.9 Å². The molecule has 1 heterocycles. The highest BCUT2D eigenvalue weighted by atomic mass is 127. The molecule has 1 aliphatic rings. The van der Waals surface area contributed by atoms with E-state index in [2.05, 4.69) is 42.6 Å². The smallest absolute Gasteiger partial charge is 0.191 e. The molecular formula is C17H37IN4OS. The second-order valence-electron chi connectivity index (χ2n) is 6.49. The zero-order valence-corrected chi connectivity index (χ0v) is 19.0. The molecule has 0 aromatic rings. The van der Waals surface area contributed by atoms with Crippen LogP contribution in [0.4, 0.5) is 0 Å². The van der Waals surface area contributed by atoms with Gasteiger partial charge in [-0.3, -0.25) is 9.89 Å². The number of ether oxygens (including phenoxy) is 1. The minimum atomic E-state index is 0. The van der Waals surface area contributed by atoms with Gasteiger partial charge in [0.2, 0.25) is 0 Å². The predicted molar refractivity (Wildman–Crippen MR) is 118 cm³/mol. The molecule has 0 amide bonds. The maximum Gasteiger partial charge on any atom is 0.191 e. The minimum absolute atomic E-state index is 0. The van der Waals surface area contributed by atoms with Gasteiger partial charge in [0.1, 0.15) is 0 Å². The average molecular weight is 472 g/mol. The Hall–Kier alpha value is 0.270. The molecule has 1 unspecified atom stereocenters. The van der Waals surface area contributed by atoms with E-state index in [1.165, 1.54) is 18.6 Å².